The number of aryl methyl sites for hydroxylation is 4. The average Bonchev–Trinajstić information content (AvgIpc) is 3.35. The Balaban J connectivity index is 1.64. The summed E-state index contributed by atoms with van der Waals surface area (Å²) in [5.74, 6) is 1.37. The number of pyridine rings is 1. The lowest BCUT2D eigenvalue weighted by atomic mass is 9.84. The molecule has 0 N–H and O–H groups in total. The Morgan fingerprint density at radius 3 is 2.82 bits per heavy atom. The fraction of sp³-hybridized carbons (Fsp3) is 0.308. The number of nitriles is 1. The first-order valence-electron chi connectivity index (χ1n) is 11.2. The lowest BCUT2D eigenvalue weighted by Gasteiger charge is -2.26. The van der Waals surface area contributed by atoms with Crippen LogP contribution in [0, 0.1) is 38.0 Å². The van der Waals surface area contributed by atoms with E-state index in [-0.39, 0.29) is 11.8 Å². The van der Waals surface area contributed by atoms with Crippen LogP contribution in [0.5, 0.6) is 5.88 Å². The number of hydrogen-bond donors (Lipinski definition) is 0. The molecule has 0 fully saturated rings. The van der Waals surface area contributed by atoms with Crippen molar-refractivity contribution in [1.29, 1.82) is 5.26 Å². The van der Waals surface area contributed by atoms with Crippen molar-refractivity contribution in [1.82, 2.24) is 19.1 Å². The Labute approximate surface area is 193 Å². The van der Waals surface area contributed by atoms with Crippen molar-refractivity contribution in [2.24, 2.45) is 18.1 Å². The number of benzene rings is 1. The molecule has 1 unspecified atom stereocenters. The second-order valence-corrected chi connectivity index (χ2v) is 8.68. The van der Waals surface area contributed by atoms with Crippen molar-refractivity contribution in [2.45, 2.75) is 40.2 Å². The lowest BCUT2D eigenvalue weighted by Crippen LogP contribution is -2.28. The van der Waals surface area contributed by atoms with Crippen LogP contribution in [0.2, 0.25) is 0 Å². The topological polar surface area (TPSA) is 81.0 Å². The average molecular weight is 439 g/mol. The standard InChI is InChI=1S/C26H26N6O/c1-16-13-20(14-27)26(29-17(16)2)33-30-25-19(15-32-12-11-28-18(32)3)9-10-23-24(25)21-7-5-6-8-22(21)31(23)4/h5-8,11-13,19H,9-10,15H2,1-4H3. The molecule has 7 nitrogen and oxygen atoms in total. The third-order valence-electron chi connectivity index (χ3n) is 6.72. The number of nitrogens with zero attached hydrogens (tertiary/aromatic N) is 6. The Bertz CT molecular complexity index is 1440. The SMILES string of the molecule is Cc1cc(C#N)c(ON=C2c3c(n(C)c4ccccc34)CCC2Cn2ccnc2C)nc1C. The molecule has 3 heterocycles. The highest BCUT2D eigenvalue weighted by atomic mass is 16.6. The van der Waals surface area contributed by atoms with Gasteiger partial charge >= 0.3 is 0 Å². The molecule has 0 spiro atoms. The van der Waals surface area contributed by atoms with Crippen molar-refractivity contribution in [3.05, 3.63) is 76.6 Å². The van der Waals surface area contributed by atoms with E-state index in [4.69, 9.17) is 4.84 Å². The van der Waals surface area contributed by atoms with Gasteiger partial charge in [0.05, 0.1) is 5.71 Å². The maximum absolute atomic E-state index is 9.59. The molecule has 0 radical (unpaired) electrons. The number of imidazole rings is 1. The molecule has 1 aliphatic carbocycles. The van der Waals surface area contributed by atoms with E-state index in [2.05, 4.69) is 61.6 Å². The zero-order valence-corrected chi connectivity index (χ0v) is 19.3. The number of rotatable bonds is 4. The quantitative estimate of drug-likeness (QED) is 0.436. The van der Waals surface area contributed by atoms with E-state index < -0.39 is 0 Å². The summed E-state index contributed by atoms with van der Waals surface area (Å²) in [7, 11) is 2.11. The predicted octanol–water partition coefficient (Wildman–Crippen LogP) is 4.61. The minimum atomic E-state index is 0.147. The van der Waals surface area contributed by atoms with Gasteiger partial charge in [-0.1, -0.05) is 23.4 Å². The molecule has 0 saturated carbocycles. The molecule has 5 rings (SSSR count). The number of aromatic nitrogens is 4. The van der Waals surface area contributed by atoms with E-state index in [1.54, 1.807) is 6.07 Å². The largest absolute Gasteiger partial charge is 0.347 e. The molecule has 0 bridgehead atoms. The van der Waals surface area contributed by atoms with E-state index in [0.717, 1.165) is 53.1 Å². The van der Waals surface area contributed by atoms with Crippen LogP contribution in [0.15, 0.2) is 47.9 Å². The van der Waals surface area contributed by atoms with Crippen LogP contribution >= 0.6 is 0 Å². The monoisotopic (exact) mass is 438 g/mol. The summed E-state index contributed by atoms with van der Waals surface area (Å²) in [5.41, 5.74) is 6.62. The van der Waals surface area contributed by atoms with Crippen LogP contribution in [0.3, 0.4) is 0 Å². The molecule has 0 saturated heterocycles. The summed E-state index contributed by atoms with van der Waals surface area (Å²) in [4.78, 5) is 14.8. The molecular formula is C26H26N6O. The van der Waals surface area contributed by atoms with Gasteiger partial charge in [0.25, 0.3) is 5.88 Å². The number of oxime groups is 1. The highest BCUT2D eigenvalue weighted by Gasteiger charge is 2.31. The van der Waals surface area contributed by atoms with Crippen LogP contribution in [0.4, 0.5) is 0 Å². The van der Waals surface area contributed by atoms with Gasteiger partial charge in [-0.25, -0.2) is 9.97 Å². The second-order valence-electron chi connectivity index (χ2n) is 8.68. The van der Waals surface area contributed by atoms with Gasteiger partial charge in [-0.05, 0) is 51.3 Å². The van der Waals surface area contributed by atoms with E-state index in [9.17, 15) is 5.26 Å². The fourth-order valence-electron chi connectivity index (χ4n) is 4.73. The Hall–Kier alpha value is -3.92. The Morgan fingerprint density at radius 1 is 1.24 bits per heavy atom. The van der Waals surface area contributed by atoms with Crippen molar-refractivity contribution >= 4 is 16.6 Å². The van der Waals surface area contributed by atoms with Crippen molar-refractivity contribution in [3.8, 4) is 11.9 Å². The van der Waals surface area contributed by atoms with Gasteiger partial charge in [0.2, 0.25) is 0 Å². The smallest absolute Gasteiger partial charge is 0.266 e. The highest BCUT2D eigenvalue weighted by molar-refractivity contribution is 6.13. The van der Waals surface area contributed by atoms with Gasteiger partial charge < -0.3 is 14.0 Å². The minimum Gasteiger partial charge on any atom is -0.347 e. The van der Waals surface area contributed by atoms with Gasteiger partial charge in [-0.2, -0.15) is 5.26 Å². The van der Waals surface area contributed by atoms with Gasteiger partial charge in [0.15, 0.2) is 0 Å². The summed E-state index contributed by atoms with van der Waals surface area (Å²) in [5, 5.41) is 15.4. The molecule has 1 aliphatic rings. The Kier molecular flexibility index (Phi) is 5.21. The molecule has 1 atom stereocenters. The van der Waals surface area contributed by atoms with E-state index in [1.165, 1.54) is 11.2 Å². The molecule has 1 aromatic carbocycles. The van der Waals surface area contributed by atoms with Crippen molar-refractivity contribution < 1.29 is 4.84 Å². The number of para-hydroxylation sites is 1. The van der Waals surface area contributed by atoms with E-state index >= 15 is 0 Å². The predicted molar refractivity (Wildman–Crippen MR) is 127 cm³/mol. The van der Waals surface area contributed by atoms with Gasteiger partial charge in [-0.3, -0.25) is 0 Å². The van der Waals surface area contributed by atoms with E-state index in [0.29, 0.717) is 5.56 Å². The molecule has 3 aromatic heterocycles. The van der Waals surface area contributed by atoms with Crippen molar-refractivity contribution in [2.75, 3.05) is 0 Å². The summed E-state index contributed by atoms with van der Waals surface area (Å²) < 4.78 is 4.42. The van der Waals surface area contributed by atoms with Gasteiger partial charge in [0, 0.05) is 59.8 Å². The maximum Gasteiger partial charge on any atom is 0.266 e. The summed E-state index contributed by atoms with van der Waals surface area (Å²) >= 11 is 0. The third-order valence-corrected chi connectivity index (χ3v) is 6.72. The first-order chi connectivity index (χ1) is 16.0. The number of fused-ring (bicyclic) bond motifs is 3. The van der Waals surface area contributed by atoms with E-state index in [1.807, 2.05) is 33.2 Å². The highest BCUT2D eigenvalue weighted by Crippen LogP contribution is 2.35. The molecule has 0 amide bonds. The molecular weight excluding hydrogens is 412 g/mol. The molecule has 166 valence electrons. The summed E-state index contributed by atoms with van der Waals surface area (Å²) in [6.07, 6.45) is 5.74. The molecule has 7 heteroatoms. The maximum atomic E-state index is 9.59. The van der Waals surface area contributed by atoms with Gasteiger partial charge in [-0.15, -0.1) is 0 Å². The molecule has 0 aliphatic heterocycles. The molecule has 4 aromatic rings. The zero-order chi connectivity index (χ0) is 23.1. The lowest BCUT2D eigenvalue weighted by molar-refractivity contribution is 0.318. The molecule has 33 heavy (non-hydrogen) atoms. The van der Waals surface area contributed by atoms with Crippen LogP contribution in [0.25, 0.3) is 10.9 Å². The zero-order valence-electron chi connectivity index (χ0n) is 19.3. The van der Waals surface area contributed by atoms with Crippen LogP contribution in [-0.4, -0.2) is 24.8 Å². The first-order valence-corrected chi connectivity index (χ1v) is 11.2. The second kappa shape index (κ2) is 8.21. The fourth-order valence-corrected chi connectivity index (χ4v) is 4.73. The van der Waals surface area contributed by atoms with Crippen LogP contribution in [-0.2, 0) is 20.0 Å². The van der Waals surface area contributed by atoms with Crippen LogP contribution in [0.1, 0.15) is 40.3 Å². The third kappa shape index (κ3) is 3.58. The first kappa shape index (κ1) is 21.0. The normalized spacial score (nSPS) is 16.7. The Morgan fingerprint density at radius 2 is 2.06 bits per heavy atom. The van der Waals surface area contributed by atoms with Gasteiger partial charge in [0.1, 0.15) is 17.5 Å². The van der Waals surface area contributed by atoms with Crippen molar-refractivity contribution in [3.63, 3.8) is 0 Å². The number of hydrogen-bond acceptors (Lipinski definition) is 5. The van der Waals surface area contributed by atoms with Crippen LogP contribution < -0.4 is 4.84 Å². The summed E-state index contributed by atoms with van der Waals surface area (Å²) in [6, 6.07) is 12.4. The summed E-state index contributed by atoms with van der Waals surface area (Å²) in [6.45, 7) is 6.62. The minimum absolute atomic E-state index is 0.147.